The van der Waals surface area contributed by atoms with Crippen molar-refractivity contribution in [1.29, 1.82) is 0 Å². The van der Waals surface area contributed by atoms with Gasteiger partial charge in [-0.2, -0.15) is 0 Å². The van der Waals surface area contributed by atoms with Crippen molar-refractivity contribution < 1.29 is 23.1 Å². The van der Waals surface area contributed by atoms with E-state index in [4.69, 9.17) is 13.8 Å². The molecule has 5 nitrogen and oxygen atoms in total. The molecule has 1 aromatic carbocycles. The quantitative estimate of drug-likeness (QED) is 0.518. The molecular weight excluding hydrogens is 279 g/mol. The Morgan fingerprint density at radius 3 is 2.25 bits per heavy atom. The number of carbonyl (C=O) groups excluding carboxylic acids is 1. The van der Waals surface area contributed by atoms with Crippen LogP contribution in [0.4, 0.5) is 0 Å². The monoisotopic (exact) mass is 300 g/mol. The highest BCUT2D eigenvalue weighted by Crippen LogP contribution is 2.47. The molecule has 6 heteroatoms. The molecule has 20 heavy (non-hydrogen) atoms. The summed E-state index contributed by atoms with van der Waals surface area (Å²) in [6.45, 7) is 4.11. The minimum Gasteiger partial charge on any atom is -0.465 e. The van der Waals surface area contributed by atoms with Crippen LogP contribution in [-0.2, 0) is 29.6 Å². The predicted molar refractivity (Wildman–Crippen MR) is 76.8 cm³/mol. The topological polar surface area (TPSA) is 61.8 Å². The molecule has 0 spiro atoms. The van der Waals surface area contributed by atoms with Gasteiger partial charge in [0.1, 0.15) is 6.16 Å². The molecule has 1 rings (SSSR count). The smallest absolute Gasteiger partial charge is 0.341 e. The third kappa shape index (κ3) is 6.33. The lowest BCUT2D eigenvalue weighted by molar-refractivity contribution is -0.140. The largest absolute Gasteiger partial charge is 0.465 e. The van der Waals surface area contributed by atoms with E-state index in [1.807, 2.05) is 30.3 Å². The van der Waals surface area contributed by atoms with Crippen molar-refractivity contribution in [3.8, 4) is 0 Å². The summed E-state index contributed by atoms with van der Waals surface area (Å²) in [5.74, 6) is -0.564. The molecule has 0 aliphatic carbocycles. The Bertz CT molecular complexity index is 436. The fourth-order valence-corrected chi connectivity index (χ4v) is 3.10. The normalized spacial score (nSPS) is 11.3. The lowest BCUT2D eigenvalue weighted by atomic mass is 10.2. The second-order valence-electron chi connectivity index (χ2n) is 4.06. The van der Waals surface area contributed by atoms with E-state index >= 15 is 0 Å². The summed E-state index contributed by atoms with van der Waals surface area (Å²) in [4.78, 5) is 11.6. The van der Waals surface area contributed by atoms with Gasteiger partial charge in [0.15, 0.2) is 0 Å². The van der Waals surface area contributed by atoms with Crippen LogP contribution in [0.5, 0.6) is 0 Å². The first-order valence-corrected chi connectivity index (χ1v) is 8.40. The molecule has 0 atom stereocenters. The van der Waals surface area contributed by atoms with Crippen molar-refractivity contribution in [2.75, 3.05) is 26.0 Å². The molecule has 0 aromatic heterocycles. The van der Waals surface area contributed by atoms with Crippen molar-refractivity contribution in [3.05, 3.63) is 35.9 Å². The van der Waals surface area contributed by atoms with Gasteiger partial charge in [-0.3, -0.25) is 9.36 Å². The van der Waals surface area contributed by atoms with Crippen LogP contribution >= 0.6 is 7.60 Å². The van der Waals surface area contributed by atoms with Gasteiger partial charge in [0.25, 0.3) is 0 Å². The molecule has 0 aliphatic rings. The molecule has 0 saturated carbocycles. The minimum absolute atomic E-state index is 0.231. The first-order chi connectivity index (χ1) is 9.59. The molecule has 112 valence electrons. The van der Waals surface area contributed by atoms with Gasteiger partial charge < -0.3 is 13.8 Å². The van der Waals surface area contributed by atoms with E-state index in [1.54, 1.807) is 13.8 Å². The lowest BCUT2D eigenvalue weighted by Gasteiger charge is -2.16. The Hall–Kier alpha value is -1.16. The van der Waals surface area contributed by atoms with E-state index < -0.39 is 13.6 Å². The number of ether oxygens (including phenoxy) is 1. The highest BCUT2D eigenvalue weighted by Gasteiger charge is 2.28. The molecule has 0 bridgehead atoms. The van der Waals surface area contributed by atoms with Crippen molar-refractivity contribution >= 4 is 13.6 Å². The van der Waals surface area contributed by atoms with Gasteiger partial charge in [-0.15, -0.1) is 0 Å². The van der Waals surface area contributed by atoms with Crippen molar-refractivity contribution in [3.63, 3.8) is 0 Å². The maximum absolute atomic E-state index is 12.1. The Labute approximate surface area is 119 Å². The zero-order valence-electron chi connectivity index (χ0n) is 11.9. The highest BCUT2D eigenvalue weighted by atomic mass is 31.2. The molecule has 0 unspecified atom stereocenters. The third-order valence-corrected chi connectivity index (χ3v) is 4.42. The minimum atomic E-state index is -3.36. The summed E-state index contributed by atoms with van der Waals surface area (Å²) < 4.78 is 27.2. The molecular formula is C14H21O5P. The number of carbonyl (C=O) groups is 1. The van der Waals surface area contributed by atoms with Gasteiger partial charge >= 0.3 is 13.6 Å². The van der Waals surface area contributed by atoms with E-state index in [1.165, 1.54) is 0 Å². The maximum atomic E-state index is 12.1. The molecule has 0 saturated heterocycles. The Morgan fingerprint density at radius 1 is 1.10 bits per heavy atom. The summed E-state index contributed by atoms with van der Waals surface area (Å²) >= 11 is 0. The second kappa shape index (κ2) is 8.90. The van der Waals surface area contributed by atoms with Crippen LogP contribution in [0.1, 0.15) is 19.4 Å². The highest BCUT2D eigenvalue weighted by molar-refractivity contribution is 7.54. The zero-order chi connectivity index (χ0) is 14.8. The number of hydrogen-bond donors (Lipinski definition) is 0. The maximum Gasteiger partial charge on any atom is 0.341 e. The van der Waals surface area contributed by atoms with Crippen LogP contribution in [0.15, 0.2) is 30.3 Å². The SMILES string of the molecule is CCOP(=O)(CC(=O)OCCc1ccccc1)OCC. The summed E-state index contributed by atoms with van der Waals surface area (Å²) in [6.07, 6.45) is 0.281. The second-order valence-corrected chi connectivity index (χ2v) is 6.12. The van der Waals surface area contributed by atoms with E-state index in [2.05, 4.69) is 0 Å². The van der Waals surface area contributed by atoms with Gasteiger partial charge in [0.05, 0.1) is 19.8 Å². The third-order valence-electron chi connectivity index (χ3n) is 2.47. The van der Waals surface area contributed by atoms with E-state index in [0.717, 1.165) is 5.56 Å². The van der Waals surface area contributed by atoms with Gasteiger partial charge in [-0.1, -0.05) is 30.3 Å². The van der Waals surface area contributed by atoms with Gasteiger partial charge in [0.2, 0.25) is 0 Å². The summed E-state index contributed by atoms with van der Waals surface area (Å²) in [6, 6.07) is 9.69. The number of esters is 1. The van der Waals surface area contributed by atoms with Crippen LogP contribution in [0.25, 0.3) is 0 Å². The Kier molecular flexibility index (Phi) is 7.52. The lowest BCUT2D eigenvalue weighted by Crippen LogP contribution is -2.14. The van der Waals surface area contributed by atoms with Crippen LogP contribution in [0.3, 0.4) is 0 Å². The molecule has 0 amide bonds. The fourth-order valence-electron chi connectivity index (χ4n) is 1.65. The van der Waals surface area contributed by atoms with Gasteiger partial charge in [0, 0.05) is 6.42 Å². The van der Waals surface area contributed by atoms with Crippen LogP contribution in [0, 0.1) is 0 Å². The summed E-state index contributed by atoms with van der Waals surface area (Å²) in [5, 5.41) is 0. The number of rotatable bonds is 9. The van der Waals surface area contributed by atoms with E-state index in [-0.39, 0.29) is 26.0 Å². The number of hydrogen-bond acceptors (Lipinski definition) is 5. The average molecular weight is 300 g/mol. The van der Waals surface area contributed by atoms with Crippen LogP contribution in [0.2, 0.25) is 0 Å². The first-order valence-electron chi connectivity index (χ1n) is 6.67. The van der Waals surface area contributed by atoms with E-state index in [0.29, 0.717) is 6.42 Å². The molecule has 0 radical (unpaired) electrons. The van der Waals surface area contributed by atoms with Crippen LogP contribution < -0.4 is 0 Å². The fraction of sp³-hybridized carbons (Fsp3) is 0.500. The first kappa shape index (κ1) is 16.9. The van der Waals surface area contributed by atoms with Crippen molar-refractivity contribution in [2.24, 2.45) is 0 Å². The Balaban J connectivity index is 2.37. The van der Waals surface area contributed by atoms with Gasteiger partial charge in [-0.05, 0) is 19.4 Å². The van der Waals surface area contributed by atoms with E-state index in [9.17, 15) is 9.36 Å². The van der Waals surface area contributed by atoms with Crippen LogP contribution in [-0.4, -0.2) is 32.0 Å². The molecule has 0 aliphatic heterocycles. The average Bonchev–Trinajstić information content (AvgIpc) is 2.40. The zero-order valence-corrected chi connectivity index (χ0v) is 12.8. The molecule has 1 aromatic rings. The van der Waals surface area contributed by atoms with Crippen molar-refractivity contribution in [1.82, 2.24) is 0 Å². The molecule has 0 fully saturated rings. The summed E-state index contributed by atoms with van der Waals surface area (Å²) in [7, 11) is -3.36. The molecule has 0 heterocycles. The predicted octanol–water partition coefficient (Wildman–Crippen LogP) is 3.04. The van der Waals surface area contributed by atoms with Gasteiger partial charge in [-0.25, -0.2) is 0 Å². The Morgan fingerprint density at radius 2 is 1.70 bits per heavy atom. The standard InChI is InChI=1S/C14H21O5P/c1-3-18-20(16,19-4-2)12-14(15)17-11-10-13-8-6-5-7-9-13/h5-9H,3-4,10-12H2,1-2H3. The summed E-state index contributed by atoms with van der Waals surface area (Å²) in [5.41, 5.74) is 1.08. The number of benzene rings is 1. The molecule has 0 N–H and O–H groups in total. The van der Waals surface area contributed by atoms with Crippen molar-refractivity contribution in [2.45, 2.75) is 20.3 Å².